The molecular formula is C21H27FO5. The Morgan fingerprint density at radius 1 is 1.37 bits per heavy atom. The molecule has 0 aliphatic heterocycles. The molecule has 5 nitrogen and oxygen atoms in total. The van der Waals surface area contributed by atoms with Crippen molar-refractivity contribution in [3.8, 4) is 0 Å². The largest absolute Gasteiger partial charge is 0.390 e. The van der Waals surface area contributed by atoms with E-state index in [0.29, 0.717) is 19.3 Å². The highest BCUT2D eigenvalue weighted by Gasteiger charge is 2.73. The number of halogens is 1. The summed E-state index contributed by atoms with van der Waals surface area (Å²) < 4.78 is 16.5. The van der Waals surface area contributed by atoms with E-state index in [4.69, 9.17) is 0 Å². The van der Waals surface area contributed by atoms with Gasteiger partial charge in [0.1, 0.15) is 17.9 Å². The molecule has 4 aliphatic carbocycles. The third kappa shape index (κ3) is 2.15. The van der Waals surface area contributed by atoms with Crippen molar-refractivity contribution in [1.29, 1.82) is 0 Å². The van der Waals surface area contributed by atoms with Gasteiger partial charge in [-0.2, -0.15) is 0 Å². The molecule has 27 heavy (non-hydrogen) atoms. The van der Waals surface area contributed by atoms with Crippen molar-refractivity contribution in [2.75, 3.05) is 6.61 Å². The first-order valence-electron chi connectivity index (χ1n) is 9.76. The number of hydrogen-bond acceptors (Lipinski definition) is 5. The summed E-state index contributed by atoms with van der Waals surface area (Å²) in [5.74, 6) is -2.69. The molecule has 0 heterocycles. The lowest BCUT2D eigenvalue weighted by atomic mass is 9.48. The SMILES string of the molecule is CC1CC2C3CCC4=CC(=O)C=CC4C3(F)C(O)CC2(C)C1(O)C(=O)CO. The van der Waals surface area contributed by atoms with Crippen LogP contribution < -0.4 is 0 Å². The molecular weight excluding hydrogens is 351 g/mol. The van der Waals surface area contributed by atoms with Crippen LogP contribution in [-0.2, 0) is 9.59 Å². The number of hydrogen-bond donors (Lipinski definition) is 3. The molecule has 6 heteroatoms. The van der Waals surface area contributed by atoms with Crippen molar-refractivity contribution in [2.45, 2.75) is 56.9 Å². The summed E-state index contributed by atoms with van der Waals surface area (Å²) >= 11 is 0. The van der Waals surface area contributed by atoms with Gasteiger partial charge in [-0.25, -0.2) is 4.39 Å². The molecule has 0 saturated heterocycles. The second-order valence-corrected chi connectivity index (χ2v) is 9.16. The fourth-order valence-electron chi connectivity index (χ4n) is 6.88. The summed E-state index contributed by atoms with van der Waals surface area (Å²) in [4.78, 5) is 24.2. The molecule has 0 aromatic heterocycles. The quantitative estimate of drug-likeness (QED) is 0.677. The first kappa shape index (κ1) is 19.0. The van der Waals surface area contributed by atoms with Crippen molar-refractivity contribution in [2.24, 2.45) is 29.1 Å². The van der Waals surface area contributed by atoms with Crippen LogP contribution in [0.15, 0.2) is 23.8 Å². The Balaban J connectivity index is 1.79. The normalized spacial score (nSPS) is 51.3. The highest BCUT2D eigenvalue weighted by molar-refractivity contribution is 6.01. The number of aliphatic hydroxyl groups excluding tert-OH is 2. The third-order valence-electron chi connectivity index (χ3n) is 8.16. The second-order valence-electron chi connectivity index (χ2n) is 9.16. The Morgan fingerprint density at radius 3 is 2.74 bits per heavy atom. The van der Waals surface area contributed by atoms with Gasteiger partial charge in [0.2, 0.25) is 0 Å². The lowest BCUT2D eigenvalue weighted by Crippen LogP contribution is -2.67. The number of aliphatic hydroxyl groups is 3. The fourth-order valence-corrected chi connectivity index (χ4v) is 6.88. The van der Waals surface area contributed by atoms with Crippen LogP contribution >= 0.6 is 0 Å². The van der Waals surface area contributed by atoms with Gasteiger partial charge in [-0.3, -0.25) is 9.59 Å². The first-order chi connectivity index (χ1) is 12.6. The Bertz CT molecular complexity index is 760. The van der Waals surface area contributed by atoms with Crippen molar-refractivity contribution in [1.82, 2.24) is 0 Å². The Kier molecular flexibility index (Phi) is 4.09. The zero-order valence-electron chi connectivity index (χ0n) is 15.7. The molecule has 4 rings (SSSR count). The minimum Gasteiger partial charge on any atom is -0.390 e. The van der Waals surface area contributed by atoms with E-state index in [2.05, 4.69) is 0 Å². The summed E-state index contributed by atoms with van der Waals surface area (Å²) in [5, 5.41) is 31.7. The van der Waals surface area contributed by atoms with Gasteiger partial charge in [-0.1, -0.05) is 25.5 Å². The van der Waals surface area contributed by atoms with Gasteiger partial charge in [-0.15, -0.1) is 0 Å². The molecule has 0 radical (unpaired) electrons. The highest BCUT2D eigenvalue weighted by Crippen LogP contribution is 2.68. The minimum absolute atomic E-state index is 0.0528. The van der Waals surface area contributed by atoms with Crippen molar-refractivity contribution in [3.05, 3.63) is 23.8 Å². The van der Waals surface area contributed by atoms with Gasteiger partial charge in [0.25, 0.3) is 0 Å². The fraction of sp³-hybridized carbons (Fsp3) is 0.714. The summed E-state index contributed by atoms with van der Waals surface area (Å²) in [7, 11) is 0. The average Bonchev–Trinajstić information content (AvgIpc) is 2.82. The molecule has 3 N–H and O–H groups in total. The molecule has 148 valence electrons. The molecule has 3 saturated carbocycles. The van der Waals surface area contributed by atoms with Gasteiger partial charge in [-0.05, 0) is 49.7 Å². The van der Waals surface area contributed by atoms with Crippen molar-refractivity contribution in [3.63, 3.8) is 0 Å². The zero-order valence-corrected chi connectivity index (χ0v) is 15.7. The van der Waals surface area contributed by atoms with Crippen LogP contribution in [0.1, 0.15) is 39.5 Å². The topological polar surface area (TPSA) is 94.8 Å². The van der Waals surface area contributed by atoms with Crippen LogP contribution in [0.2, 0.25) is 0 Å². The smallest absolute Gasteiger partial charge is 0.190 e. The van der Waals surface area contributed by atoms with Gasteiger partial charge >= 0.3 is 0 Å². The maximum atomic E-state index is 16.5. The second kappa shape index (κ2) is 5.82. The molecule has 0 spiro atoms. The first-order valence-corrected chi connectivity index (χ1v) is 9.76. The van der Waals surface area contributed by atoms with E-state index in [-0.39, 0.29) is 18.1 Å². The third-order valence-corrected chi connectivity index (χ3v) is 8.16. The molecule has 0 bridgehead atoms. The summed E-state index contributed by atoms with van der Waals surface area (Å²) in [6.45, 7) is 2.74. The maximum Gasteiger partial charge on any atom is 0.190 e. The number of alkyl halides is 1. The van der Waals surface area contributed by atoms with Gasteiger partial charge in [0.15, 0.2) is 11.6 Å². The van der Waals surface area contributed by atoms with E-state index in [9.17, 15) is 24.9 Å². The number of carbonyl (C=O) groups is 2. The van der Waals surface area contributed by atoms with Crippen molar-refractivity contribution < 1.29 is 29.3 Å². The molecule has 8 atom stereocenters. The van der Waals surface area contributed by atoms with Crippen LogP contribution in [0, 0.1) is 29.1 Å². The Morgan fingerprint density at radius 2 is 2.07 bits per heavy atom. The van der Waals surface area contributed by atoms with E-state index in [1.807, 2.05) is 0 Å². The van der Waals surface area contributed by atoms with Gasteiger partial charge in [0.05, 0.1) is 6.10 Å². The minimum atomic E-state index is -1.92. The molecule has 8 unspecified atom stereocenters. The predicted octanol–water partition coefficient (Wildman–Crippen LogP) is 1.51. The summed E-state index contributed by atoms with van der Waals surface area (Å²) in [6, 6.07) is 0. The standard InChI is InChI=1S/C21H27FO5/c1-11-7-16-15-5-3-12-8-13(24)4-6-14(12)20(15,22)17(25)9-19(16,2)21(11,27)18(26)10-23/h4,6,8,11,14-17,23,25,27H,3,5,7,9-10H2,1-2H3. The van der Waals surface area contributed by atoms with E-state index >= 15 is 4.39 Å². The number of allylic oxidation sites excluding steroid dienone is 4. The van der Waals surface area contributed by atoms with Gasteiger partial charge in [0, 0.05) is 17.3 Å². The van der Waals surface area contributed by atoms with E-state index in [1.165, 1.54) is 12.2 Å². The molecule has 0 aromatic carbocycles. The number of fused-ring (bicyclic) bond motifs is 5. The summed E-state index contributed by atoms with van der Waals surface area (Å²) in [6.07, 6.45) is 4.49. The van der Waals surface area contributed by atoms with Crippen molar-refractivity contribution >= 4 is 11.6 Å². The summed E-state index contributed by atoms with van der Waals surface area (Å²) in [5.41, 5.74) is -3.97. The van der Waals surface area contributed by atoms with E-state index in [1.54, 1.807) is 19.9 Å². The zero-order chi connectivity index (χ0) is 19.8. The molecule has 3 fully saturated rings. The van der Waals surface area contributed by atoms with Crippen LogP contribution in [0.3, 0.4) is 0 Å². The molecule has 0 amide bonds. The predicted molar refractivity (Wildman–Crippen MR) is 95.3 cm³/mol. The highest BCUT2D eigenvalue weighted by atomic mass is 19.1. The van der Waals surface area contributed by atoms with Crippen LogP contribution in [0.25, 0.3) is 0 Å². The monoisotopic (exact) mass is 378 g/mol. The lowest BCUT2D eigenvalue weighted by Gasteiger charge is -2.59. The van der Waals surface area contributed by atoms with Crippen LogP contribution in [0.4, 0.5) is 4.39 Å². The molecule has 0 aromatic rings. The Hall–Kier alpha value is -1.37. The lowest BCUT2D eigenvalue weighted by molar-refractivity contribution is -0.206. The van der Waals surface area contributed by atoms with Crippen LogP contribution in [0.5, 0.6) is 0 Å². The number of rotatable bonds is 2. The number of carbonyl (C=O) groups excluding carboxylic acids is 2. The number of ketones is 2. The van der Waals surface area contributed by atoms with E-state index < -0.39 is 52.9 Å². The maximum absolute atomic E-state index is 16.5. The number of Topliss-reactive ketones (excluding diaryl/α,β-unsaturated/α-hetero) is 1. The molecule has 4 aliphatic rings. The van der Waals surface area contributed by atoms with Crippen LogP contribution in [-0.4, -0.2) is 50.9 Å². The van der Waals surface area contributed by atoms with E-state index in [0.717, 1.165) is 5.57 Å². The van der Waals surface area contributed by atoms with Gasteiger partial charge < -0.3 is 15.3 Å². The Labute approximate surface area is 158 Å². The average molecular weight is 378 g/mol.